The van der Waals surface area contributed by atoms with Crippen LogP contribution in [0, 0.1) is 5.82 Å². The minimum atomic E-state index is -0.376. The first-order chi connectivity index (χ1) is 18.9. The highest BCUT2D eigenvalue weighted by atomic mass is 19.1. The molecule has 0 radical (unpaired) electrons. The second-order valence-corrected chi connectivity index (χ2v) is 9.49. The average Bonchev–Trinajstić information content (AvgIpc) is 2.93. The van der Waals surface area contributed by atoms with Crippen LogP contribution < -0.4 is 15.5 Å². The molecule has 1 saturated heterocycles. The van der Waals surface area contributed by atoms with Crippen LogP contribution in [0.4, 0.5) is 27.5 Å². The molecule has 2 aromatic heterocycles. The number of amides is 1. The van der Waals surface area contributed by atoms with Crippen molar-refractivity contribution in [2.45, 2.75) is 13.0 Å². The van der Waals surface area contributed by atoms with Gasteiger partial charge in [-0.2, -0.15) is 0 Å². The van der Waals surface area contributed by atoms with Crippen LogP contribution in [0.1, 0.15) is 6.92 Å². The molecule has 3 N–H and O–H groups in total. The molecule has 0 spiro atoms. The molecule has 1 fully saturated rings. The Labute approximate surface area is 226 Å². The van der Waals surface area contributed by atoms with Crippen molar-refractivity contribution in [1.82, 2.24) is 19.9 Å². The number of aromatic nitrogens is 3. The highest BCUT2D eigenvalue weighted by Gasteiger charge is 2.20. The number of fused-ring (bicyclic) bond motifs is 1. The van der Waals surface area contributed by atoms with Crippen molar-refractivity contribution in [2.24, 2.45) is 0 Å². The average molecular weight is 528 g/mol. The number of carbonyl (C=O) groups excluding carboxylic acids is 1. The summed E-state index contributed by atoms with van der Waals surface area (Å²) >= 11 is 0. The zero-order valence-corrected chi connectivity index (χ0v) is 21.6. The summed E-state index contributed by atoms with van der Waals surface area (Å²) < 4.78 is 15.1. The Morgan fingerprint density at radius 2 is 1.97 bits per heavy atom. The van der Waals surface area contributed by atoms with Gasteiger partial charge in [0.2, 0.25) is 11.9 Å². The summed E-state index contributed by atoms with van der Waals surface area (Å²) in [7, 11) is 0. The first-order valence-corrected chi connectivity index (χ1v) is 12.8. The lowest BCUT2D eigenvalue weighted by Gasteiger charge is -2.36. The third kappa shape index (κ3) is 6.19. The SMILES string of the molecule is C=CC(=O)Nc1cc(-c2cccc3cnc(Nc4ccc(N5CCN(CC(C)O)CC5)c(F)c4)nc23)ccn1. The summed E-state index contributed by atoms with van der Waals surface area (Å²) in [6.45, 7) is 8.81. The van der Waals surface area contributed by atoms with E-state index in [1.54, 1.807) is 31.5 Å². The molecule has 9 nitrogen and oxygen atoms in total. The number of nitrogens with zero attached hydrogens (tertiary/aromatic N) is 5. The number of nitrogens with one attached hydrogen (secondary N) is 2. The van der Waals surface area contributed by atoms with E-state index in [0.29, 0.717) is 48.3 Å². The summed E-state index contributed by atoms with van der Waals surface area (Å²) in [6.07, 6.45) is 4.14. The molecule has 0 bridgehead atoms. The Morgan fingerprint density at radius 1 is 1.15 bits per heavy atom. The van der Waals surface area contributed by atoms with Crippen molar-refractivity contribution in [3.05, 3.63) is 79.4 Å². The summed E-state index contributed by atoms with van der Waals surface area (Å²) in [4.78, 5) is 29.2. The zero-order chi connectivity index (χ0) is 27.4. The number of hydrogen-bond donors (Lipinski definition) is 3. The molecule has 1 atom stereocenters. The number of para-hydroxylation sites is 1. The molecule has 0 aliphatic carbocycles. The van der Waals surface area contributed by atoms with Crippen molar-refractivity contribution < 1.29 is 14.3 Å². The number of aliphatic hydroxyl groups is 1. The zero-order valence-electron chi connectivity index (χ0n) is 21.6. The van der Waals surface area contributed by atoms with Gasteiger partial charge < -0.3 is 20.6 Å². The summed E-state index contributed by atoms with van der Waals surface area (Å²) in [5, 5.41) is 16.2. The highest BCUT2D eigenvalue weighted by Crippen LogP contribution is 2.30. The van der Waals surface area contributed by atoms with Gasteiger partial charge in [0.1, 0.15) is 11.6 Å². The first-order valence-electron chi connectivity index (χ1n) is 12.8. The van der Waals surface area contributed by atoms with E-state index in [1.807, 2.05) is 35.2 Å². The molecule has 39 heavy (non-hydrogen) atoms. The maximum Gasteiger partial charge on any atom is 0.248 e. The van der Waals surface area contributed by atoms with E-state index in [9.17, 15) is 9.90 Å². The largest absolute Gasteiger partial charge is 0.392 e. The third-order valence-corrected chi connectivity index (χ3v) is 6.56. The van der Waals surface area contributed by atoms with Gasteiger partial charge >= 0.3 is 0 Å². The Hall–Kier alpha value is -4.41. The van der Waals surface area contributed by atoms with E-state index in [2.05, 4.69) is 32.1 Å². The standard InChI is InChI=1S/C29H30FN7O2/c1-3-27(39)34-26-15-20(9-10-31-26)23-6-4-5-21-17-32-29(35-28(21)23)33-22-7-8-25(24(30)16-22)37-13-11-36(12-14-37)18-19(2)38/h3-10,15-17,19,38H,1,11-14,18H2,2H3,(H,31,34,39)(H,32,33,35). The molecule has 5 rings (SSSR count). The fourth-order valence-corrected chi connectivity index (χ4v) is 4.71. The lowest BCUT2D eigenvalue weighted by molar-refractivity contribution is -0.111. The molecule has 2 aromatic carbocycles. The van der Waals surface area contributed by atoms with Crippen LogP contribution in [0.15, 0.2) is 73.6 Å². The van der Waals surface area contributed by atoms with Crippen molar-refractivity contribution >= 4 is 40.0 Å². The first kappa shape index (κ1) is 26.2. The second-order valence-electron chi connectivity index (χ2n) is 9.49. The van der Waals surface area contributed by atoms with Gasteiger partial charge in [-0.1, -0.05) is 24.8 Å². The predicted octanol–water partition coefficient (Wildman–Crippen LogP) is 4.20. The number of hydrogen-bond acceptors (Lipinski definition) is 8. The minimum Gasteiger partial charge on any atom is -0.392 e. The van der Waals surface area contributed by atoms with Crippen molar-refractivity contribution in [3.63, 3.8) is 0 Å². The van der Waals surface area contributed by atoms with Crippen LogP contribution in [0.3, 0.4) is 0 Å². The Balaban J connectivity index is 1.35. The fraction of sp³-hybridized carbons (Fsp3) is 0.241. The number of pyridine rings is 1. The van der Waals surface area contributed by atoms with Gasteiger partial charge in [-0.05, 0) is 48.9 Å². The number of anilines is 4. The van der Waals surface area contributed by atoms with Gasteiger partial charge in [-0.3, -0.25) is 9.69 Å². The predicted molar refractivity (Wildman–Crippen MR) is 152 cm³/mol. The molecule has 10 heteroatoms. The van der Waals surface area contributed by atoms with Crippen LogP contribution >= 0.6 is 0 Å². The van der Waals surface area contributed by atoms with Crippen LogP contribution in [0.25, 0.3) is 22.0 Å². The molecule has 1 aliphatic rings. The van der Waals surface area contributed by atoms with E-state index in [1.165, 1.54) is 12.1 Å². The maximum absolute atomic E-state index is 15.1. The third-order valence-electron chi connectivity index (χ3n) is 6.56. The molecular weight excluding hydrogens is 497 g/mol. The molecular formula is C29H30FN7O2. The summed E-state index contributed by atoms with van der Waals surface area (Å²) in [6, 6.07) is 14.4. The number of β-amino-alcohol motifs (C(OH)–C–C–N with tert-alkyl or cyclic N) is 1. The van der Waals surface area contributed by atoms with Gasteiger partial charge in [-0.25, -0.2) is 19.3 Å². The smallest absolute Gasteiger partial charge is 0.248 e. The van der Waals surface area contributed by atoms with Gasteiger partial charge in [0, 0.05) is 61.8 Å². The Kier molecular flexibility index (Phi) is 7.76. The van der Waals surface area contributed by atoms with E-state index < -0.39 is 0 Å². The molecule has 0 saturated carbocycles. The topological polar surface area (TPSA) is 107 Å². The number of halogens is 1. The monoisotopic (exact) mass is 527 g/mol. The van der Waals surface area contributed by atoms with Crippen molar-refractivity contribution in [2.75, 3.05) is 48.3 Å². The van der Waals surface area contributed by atoms with Crippen LogP contribution in [-0.4, -0.2) is 69.7 Å². The molecule has 200 valence electrons. The van der Waals surface area contributed by atoms with E-state index in [4.69, 9.17) is 4.98 Å². The van der Waals surface area contributed by atoms with E-state index in [0.717, 1.165) is 29.6 Å². The summed E-state index contributed by atoms with van der Waals surface area (Å²) in [5.74, 6) is 0.0735. The second kappa shape index (κ2) is 11.5. The van der Waals surface area contributed by atoms with Crippen LogP contribution in [-0.2, 0) is 4.79 Å². The van der Waals surface area contributed by atoms with E-state index >= 15 is 4.39 Å². The minimum absolute atomic E-state index is 0.323. The Morgan fingerprint density at radius 3 is 2.72 bits per heavy atom. The fourth-order valence-electron chi connectivity index (χ4n) is 4.71. The number of benzene rings is 2. The molecule has 1 aliphatic heterocycles. The number of rotatable bonds is 8. The van der Waals surface area contributed by atoms with E-state index in [-0.39, 0.29) is 17.8 Å². The maximum atomic E-state index is 15.1. The van der Waals surface area contributed by atoms with Crippen molar-refractivity contribution in [1.29, 1.82) is 0 Å². The van der Waals surface area contributed by atoms with Crippen LogP contribution in [0.5, 0.6) is 0 Å². The molecule has 4 aromatic rings. The highest BCUT2D eigenvalue weighted by molar-refractivity contribution is 5.99. The van der Waals surface area contributed by atoms with Gasteiger partial charge in [0.25, 0.3) is 0 Å². The quantitative estimate of drug-likeness (QED) is 0.293. The number of carbonyl (C=O) groups is 1. The molecule has 3 heterocycles. The van der Waals surface area contributed by atoms with Gasteiger partial charge in [-0.15, -0.1) is 0 Å². The van der Waals surface area contributed by atoms with Gasteiger partial charge in [0.05, 0.1) is 17.3 Å². The van der Waals surface area contributed by atoms with Gasteiger partial charge in [0.15, 0.2) is 0 Å². The number of piperazine rings is 1. The summed E-state index contributed by atoms with van der Waals surface area (Å²) in [5.41, 5.74) is 3.46. The lowest BCUT2D eigenvalue weighted by atomic mass is 10.0. The molecule has 1 unspecified atom stereocenters. The number of aliphatic hydroxyl groups excluding tert-OH is 1. The molecule has 1 amide bonds. The van der Waals surface area contributed by atoms with Crippen LogP contribution in [0.2, 0.25) is 0 Å². The lowest BCUT2D eigenvalue weighted by Crippen LogP contribution is -2.48. The normalized spacial score (nSPS) is 14.7. The Bertz CT molecular complexity index is 1500. The van der Waals surface area contributed by atoms with Crippen molar-refractivity contribution in [3.8, 4) is 11.1 Å².